The summed E-state index contributed by atoms with van der Waals surface area (Å²) in [6.07, 6.45) is -1.83. The number of halogens is 4. The molecule has 14 heavy (non-hydrogen) atoms. The van der Waals surface area contributed by atoms with Gasteiger partial charge < -0.3 is 0 Å². The van der Waals surface area contributed by atoms with Gasteiger partial charge >= 0.3 is 5.69 Å². The summed E-state index contributed by atoms with van der Waals surface area (Å²) >= 11 is 4.60. The van der Waals surface area contributed by atoms with Gasteiger partial charge in [-0.2, -0.15) is 0 Å². The molecule has 0 bridgehead atoms. The van der Waals surface area contributed by atoms with Crippen molar-refractivity contribution in [3.63, 3.8) is 0 Å². The molecule has 8 heteroatoms. The molecule has 1 heterocycles. The lowest BCUT2D eigenvalue weighted by molar-refractivity contribution is -0.387. The van der Waals surface area contributed by atoms with Crippen LogP contribution in [0.4, 0.5) is 14.5 Å². The van der Waals surface area contributed by atoms with Gasteiger partial charge in [0.25, 0.3) is 6.43 Å². The van der Waals surface area contributed by atoms with Crippen LogP contribution >= 0.6 is 38.5 Å². The van der Waals surface area contributed by atoms with E-state index < -0.39 is 22.7 Å². The topological polar surface area (TPSA) is 56.0 Å². The molecular weight excluding hydrogens is 377 g/mol. The Labute approximate surface area is 99.1 Å². The predicted molar refractivity (Wildman–Crippen MR) is 56.3 cm³/mol. The fourth-order valence-corrected chi connectivity index (χ4v) is 1.71. The minimum Gasteiger partial charge on any atom is -0.258 e. The summed E-state index contributed by atoms with van der Waals surface area (Å²) in [5.41, 5.74) is -1.45. The lowest BCUT2D eigenvalue weighted by Crippen LogP contribution is -2.02. The maximum absolute atomic E-state index is 12.3. The van der Waals surface area contributed by atoms with Gasteiger partial charge in [-0.05, 0) is 38.5 Å². The number of rotatable bonds is 2. The van der Waals surface area contributed by atoms with Crippen molar-refractivity contribution in [1.29, 1.82) is 0 Å². The van der Waals surface area contributed by atoms with E-state index in [4.69, 9.17) is 0 Å². The monoisotopic (exact) mass is 378 g/mol. The number of alkyl halides is 2. The van der Waals surface area contributed by atoms with Gasteiger partial charge in [-0.15, -0.1) is 0 Å². The van der Waals surface area contributed by atoms with Crippen LogP contribution in [0.1, 0.15) is 12.1 Å². The first kappa shape index (κ1) is 11.7. The van der Waals surface area contributed by atoms with Crippen LogP contribution < -0.4 is 0 Å². The third kappa shape index (κ3) is 2.16. The number of nitro groups is 1. The molecule has 0 atom stereocenters. The molecule has 0 aromatic carbocycles. The first-order chi connectivity index (χ1) is 6.45. The van der Waals surface area contributed by atoms with Gasteiger partial charge in [-0.1, -0.05) is 0 Å². The summed E-state index contributed by atoms with van der Waals surface area (Å²) in [4.78, 5) is 13.0. The molecule has 0 aliphatic rings. The van der Waals surface area contributed by atoms with Gasteiger partial charge in [0.05, 0.1) is 9.40 Å². The molecule has 1 rings (SSSR count). The highest BCUT2D eigenvalue weighted by atomic mass is 127. The van der Waals surface area contributed by atoms with Crippen LogP contribution in [-0.4, -0.2) is 9.91 Å². The molecule has 0 aliphatic heterocycles. The number of aromatic nitrogens is 1. The van der Waals surface area contributed by atoms with Crippen molar-refractivity contribution in [1.82, 2.24) is 4.98 Å². The Kier molecular flexibility index (Phi) is 3.70. The van der Waals surface area contributed by atoms with Gasteiger partial charge in [0.2, 0.25) is 0 Å². The number of hydrogen-bond donors (Lipinski definition) is 0. The van der Waals surface area contributed by atoms with E-state index in [0.29, 0.717) is 4.47 Å². The summed E-state index contributed by atoms with van der Waals surface area (Å²) < 4.78 is 25.1. The molecule has 0 fully saturated rings. The summed E-state index contributed by atoms with van der Waals surface area (Å²) in [7, 11) is 0. The Balaban J connectivity index is 3.45. The summed E-state index contributed by atoms with van der Waals surface area (Å²) in [6.45, 7) is 0. The normalized spacial score (nSPS) is 10.6. The van der Waals surface area contributed by atoms with E-state index in [0.717, 1.165) is 6.20 Å². The van der Waals surface area contributed by atoms with Crippen LogP contribution in [0.25, 0.3) is 0 Å². The maximum Gasteiger partial charge on any atom is 0.311 e. The summed E-state index contributed by atoms with van der Waals surface area (Å²) in [6, 6.07) is 0. The highest BCUT2D eigenvalue weighted by Crippen LogP contribution is 2.34. The minimum absolute atomic E-state index is 0.123. The van der Waals surface area contributed by atoms with E-state index in [2.05, 4.69) is 20.9 Å². The summed E-state index contributed by atoms with van der Waals surface area (Å²) in [5, 5.41) is 10.5. The van der Waals surface area contributed by atoms with Gasteiger partial charge in [-0.3, -0.25) is 10.1 Å². The minimum atomic E-state index is -2.95. The Morgan fingerprint density at radius 1 is 1.64 bits per heavy atom. The molecule has 0 amide bonds. The molecular formula is C6H2BrF2IN2O2. The number of pyridine rings is 1. The molecule has 0 spiro atoms. The van der Waals surface area contributed by atoms with Gasteiger partial charge in [0.15, 0.2) is 5.69 Å². The van der Waals surface area contributed by atoms with Crippen molar-refractivity contribution in [3.8, 4) is 0 Å². The highest BCUT2D eigenvalue weighted by Gasteiger charge is 2.27. The van der Waals surface area contributed by atoms with Gasteiger partial charge in [0.1, 0.15) is 3.57 Å². The number of nitrogens with zero attached hydrogens (tertiary/aromatic N) is 2. The van der Waals surface area contributed by atoms with E-state index >= 15 is 0 Å². The third-order valence-electron chi connectivity index (χ3n) is 1.37. The molecule has 0 saturated carbocycles. The van der Waals surface area contributed by atoms with E-state index in [9.17, 15) is 18.9 Å². The van der Waals surface area contributed by atoms with Crippen LogP contribution in [0, 0.1) is 13.7 Å². The zero-order valence-electron chi connectivity index (χ0n) is 6.38. The standard InChI is InChI=1S/C6H2BrF2IN2O2/c7-2-1-11-4(6(8)9)5(3(2)10)12(13)14/h1,6H. The second-order valence-electron chi connectivity index (χ2n) is 2.21. The smallest absolute Gasteiger partial charge is 0.258 e. The second kappa shape index (κ2) is 4.43. The molecule has 1 aromatic rings. The lowest BCUT2D eigenvalue weighted by atomic mass is 10.3. The lowest BCUT2D eigenvalue weighted by Gasteiger charge is -2.03. The van der Waals surface area contributed by atoms with E-state index in [1.807, 2.05) is 0 Å². The predicted octanol–water partition coefficient (Wildman–Crippen LogP) is 3.29. The van der Waals surface area contributed by atoms with Crippen LogP contribution in [-0.2, 0) is 0 Å². The van der Waals surface area contributed by atoms with Crippen molar-refractivity contribution in [3.05, 3.63) is 30.0 Å². The molecule has 0 saturated heterocycles. The number of hydrogen-bond acceptors (Lipinski definition) is 3. The van der Waals surface area contributed by atoms with Crippen molar-refractivity contribution < 1.29 is 13.7 Å². The Morgan fingerprint density at radius 2 is 2.21 bits per heavy atom. The first-order valence-corrected chi connectivity index (χ1v) is 5.08. The van der Waals surface area contributed by atoms with Crippen molar-refractivity contribution in [2.75, 3.05) is 0 Å². The van der Waals surface area contributed by atoms with Gasteiger partial charge in [0, 0.05) is 6.20 Å². The molecule has 4 nitrogen and oxygen atoms in total. The van der Waals surface area contributed by atoms with E-state index in [-0.39, 0.29) is 3.57 Å². The molecule has 0 N–H and O–H groups in total. The molecule has 1 aromatic heterocycles. The molecule has 0 aliphatic carbocycles. The Hall–Kier alpha value is -0.380. The molecule has 0 radical (unpaired) electrons. The third-order valence-corrected chi connectivity index (χ3v) is 3.80. The molecule has 0 unspecified atom stereocenters. The maximum atomic E-state index is 12.3. The fraction of sp³-hybridized carbons (Fsp3) is 0.167. The Morgan fingerprint density at radius 3 is 2.64 bits per heavy atom. The van der Waals surface area contributed by atoms with Crippen molar-refractivity contribution in [2.24, 2.45) is 0 Å². The largest absolute Gasteiger partial charge is 0.311 e. The summed E-state index contributed by atoms with van der Waals surface area (Å²) in [5.74, 6) is 0. The van der Waals surface area contributed by atoms with E-state index in [1.165, 1.54) is 0 Å². The van der Waals surface area contributed by atoms with Crippen LogP contribution in [0.5, 0.6) is 0 Å². The zero-order valence-corrected chi connectivity index (χ0v) is 10.1. The van der Waals surface area contributed by atoms with Gasteiger partial charge in [-0.25, -0.2) is 13.8 Å². The van der Waals surface area contributed by atoms with E-state index in [1.54, 1.807) is 22.6 Å². The quantitative estimate of drug-likeness (QED) is 0.450. The van der Waals surface area contributed by atoms with Crippen LogP contribution in [0.2, 0.25) is 0 Å². The Bertz CT molecular complexity index is 388. The van der Waals surface area contributed by atoms with Crippen LogP contribution in [0.3, 0.4) is 0 Å². The van der Waals surface area contributed by atoms with Crippen molar-refractivity contribution in [2.45, 2.75) is 6.43 Å². The zero-order chi connectivity index (χ0) is 10.9. The average molecular weight is 379 g/mol. The average Bonchev–Trinajstić information content (AvgIpc) is 2.08. The fourth-order valence-electron chi connectivity index (χ4n) is 0.803. The first-order valence-electron chi connectivity index (χ1n) is 3.21. The highest BCUT2D eigenvalue weighted by molar-refractivity contribution is 14.1. The second-order valence-corrected chi connectivity index (χ2v) is 4.14. The molecule has 76 valence electrons. The SMILES string of the molecule is O=[N+]([O-])c1c(C(F)F)ncc(Br)c1I. The van der Waals surface area contributed by atoms with Crippen molar-refractivity contribution >= 4 is 44.2 Å². The van der Waals surface area contributed by atoms with Crippen LogP contribution in [0.15, 0.2) is 10.7 Å².